The van der Waals surface area contributed by atoms with Crippen molar-refractivity contribution in [1.29, 1.82) is 0 Å². The van der Waals surface area contributed by atoms with Crippen LogP contribution in [0.3, 0.4) is 0 Å². The standard InChI is InChI=1S/C25H29N3O4/c1-15(2)22(25(31)32)27-23(29)19(13-17-8-6-5-7-9-17)26-24(30)21-14-18-12-16(3)10-11-20(18)28(21)4/h5-12,14-15,19,22H,13H2,1-4H3,(H,26,30)(H,27,29)(H,31,32). The Kier molecular flexibility index (Phi) is 6.98. The quantitative estimate of drug-likeness (QED) is 0.506. The van der Waals surface area contributed by atoms with Gasteiger partial charge < -0.3 is 20.3 Å². The van der Waals surface area contributed by atoms with Crippen LogP contribution in [0.1, 0.15) is 35.5 Å². The molecule has 2 atom stereocenters. The van der Waals surface area contributed by atoms with Crippen LogP contribution in [-0.2, 0) is 23.1 Å². The van der Waals surface area contributed by atoms with Crippen LogP contribution >= 0.6 is 0 Å². The number of fused-ring (bicyclic) bond motifs is 1. The lowest BCUT2D eigenvalue weighted by atomic mass is 10.0. The van der Waals surface area contributed by atoms with Crippen LogP contribution in [0.5, 0.6) is 0 Å². The third-order valence-corrected chi connectivity index (χ3v) is 5.57. The summed E-state index contributed by atoms with van der Waals surface area (Å²) in [7, 11) is 1.80. The normalized spacial score (nSPS) is 13.0. The lowest BCUT2D eigenvalue weighted by Gasteiger charge is -2.23. The van der Waals surface area contributed by atoms with Crippen molar-refractivity contribution in [2.45, 2.75) is 39.3 Å². The Hall–Kier alpha value is -3.61. The summed E-state index contributed by atoms with van der Waals surface area (Å²) in [6.45, 7) is 5.43. The predicted octanol–water partition coefficient (Wildman–Crippen LogP) is 3.05. The Balaban J connectivity index is 1.88. The van der Waals surface area contributed by atoms with E-state index in [1.807, 2.05) is 55.5 Å². The molecule has 0 bridgehead atoms. The minimum absolute atomic E-state index is 0.242. The van der Waals surface area contributed by atoms with Crippen LogP contribution in [-0.4, -0.2) is 39.5 Å². The summed E-state index contributed by atoms with van der Waals surface area (Å²) < 4.78 is 1.79. The van der Waals surface area contributed by atoms with Gasteiger partial charge in [0.05, 0.1) is 0 Å². The Morgan fingerprint density at radius 1 is 1.00 bits per heavy atom. The Morgan fingerprint density at radius 3 is 2.31 bits per heavy atom. The highest BCUT2D eigenvalue weighted by molar-refractivity contribution is 6.01. The van der Waals surface area contributed by atoms with Crippen molar-refractivity contribution in [2.75, 3.05) is 0 Å². The molecule has 2 unspecified atom stereocenters. The number of aliphatic carboxylic acids is 1. The zero-order valence-electron chi connectivity index (χ0n) is 18.8. The highest BCUT2D eigenvalue weighted by Gasteiger charge is 2.29. The lowest BCUT2D eigenvalue weighted by molar-refractivity contribution is -0.143. The van der Waals surface area contributed by atoms with E-state index in [1.165, 1.54) is 0 Å². The Bertz CT molecular complexity index is 1130. The number of nitrogens with one attached hydrogen (secondary N) is 2. The molecule has 0 aliphatic carbocycles. The number of carboxylic acid groups (broad SMARTS) is 1. The number of hydrogen-bond acceptors (Lipinski definition) is 3. The monoisotopic (exact) mass is 435 g/mol. The molecule has 1 heterocycles. The third kappa shape index (κ3) is 5.17. The molecule has 2 aromatic carbocycles. The number of hydrogen-bond donors (Lipinski definition) is 3. The summed E-state index contributed by atoms with van der Waals surface area (Å²) in [6, 6.07) is 15.1. The molecule has 7 nitrogen and oxygen atoms in total. The van der Waals surface area contributed by atoms with Crippen molar-refractivity contribution in [3.63, 3.8) is 0 Å². The van der Waals surface area contributed by atoms with Gasteiger partial charge in [0.25, 0.3) is 5.91 Å². The van der Waals surface area contributed by atoms with Gasteiger partial charge >= 0.3 is 5.97 Å². The molecule has 3 rings (SSSR count). The van der Waals surface area contributed by atoms with Gasteiger partial charge in [0.2, 0.25) is 5.91 Å². The van der Waals surface area contributed by atoms with Gasteiger partial charge in [-0.05, 0) is 36.6 Å². The molecule has 2 amide bonds. The van der Waals surface area contributed by atoms with Gasteiger partial charge in [-0.15, -0.1) is 0 Å². The molecule has 0 saturated carbocycles. The smallest absolute Gasteiger partial charge is 0.326 e. The first kappa shape index (κ1) is 23.1. The maximum Gasteiger partial charge on any atom is 0.326 e. The number of amides is 2. The summed E-state index contributed by atoms with van der Waals surface area (Å²) in [5.74, 6) is -2.33. The van der Waals surface area contributed by atoms with E-state index in [9.17, 15) is 19.5 Å². The van der Waals surface area contributed by atoms with E-state index in [-0.39, 0.29) is 12.3 Å². The highest BCUT2D eigenvalue weighted by Crippen LogP contribution is 2.20. The fourth-order valence-electron chi connectivity index (χ4n) is 3.75. The zero-order chi connectivity index (χ0) is 23.4. The second-order valence-corrected chi connectivity index (χ2v) is 8.44. The van der Waals surface area contributed by atoms with E-state index in [1.54, 1.807) is 31.5 Å². The molecule has 32 heavy (non-hydrogen) atoms. The third-order valence-electron chi connectivity index (χ3n) is 5.57. The Morgan fingerprint density at radius 2 is 1.69 bits per heavy atom. The average Bonchev–Trinajstić information content (AvgIpc) is 3.07. The fraction of sp³-hybridized carbons (Fsp3) is 0.320. The average molecular weight is 436 g/mol. The van der Waals surface area contributed by atoms with E-state index >= 15 is 0 Å². The summed E-state index contributed by atoms with van der Waals surface area (Å²) in [4.78, 5) is 37.8. The zero-order valence-corrected chi connectivity index (χ0v) is 18.8. The van der Waals surface area contributed by atoms with Crippen LogP contribution in [0.25, 0.3) is 10.9 Å². The lowest BCUT2D eigenvalue weighted by Crippen LogP contribution is -2.54. The molecule has 0 aliphatic rings. The van der Waals surface area contributed by atoms with Crippen LogP contribution in [0.2, 0.25) is 0 Å². The molecule has 0 spiro atoms. The van der Waals surface area contributed by atoms with Gasteiger partial charge in [-0.3, -0.25) is 9.59 Å². The largest absolute Gasteiger partial charge is 0.480 e. The maximum absolute atomic E-state index is 13.2. The van der Waals surface area contributed by atoms with Gasteiger partial charge in [-0.25, -0.2) is 4.79 Å². The number of aryl methyl sites for hydroxylation is 2. The number of nitrogens with zero attached hydrogens (tertiary/aromatic N) is 1. The molecular formula is C25H29N3O4. The van der Waals surface area contributed by atoms with Crippen LogP contribution < -0.4 is 10.6 Å². The molecular weight excluding hydrogens is 406 g/mol. The van der Waals surface area contributed by atoms with Crippen molar-refractivity contribution in [3.05, 3.63) is 71.4 Å². The summed E-state index contributed by atoms with van der Waals surface area (Å²) in [5.41, 5.74) is 3.28. The van der Waals surface area contributed by atoms with E-state index < -0.39 is 29.9 Å². The second-order valence-electron chi connectivity index (χ2n) is 8.44. The van der Waals surface area contributed by atoms with Crippen molar-refractivity contribution in [3.8, 4) is 0 Å². The second kappa shape index (κ2) is 9.68. The maximum atomic E-state index is 13.2. The Labute approximate surface area is 187 Å². The fourth-order valence-corrected chi connectivity index (χ4v) is 3.75. The number of carbonyl (C=O) groups is 3. The van der Waals surface area contributed by atoms with E-state index in [0.29, 0.717) is 5.69 Å². The molecule has 3 N–H and O–H groups in total. The van der Waals surface area contributed by atoms with Crippen LogP contribution in [0.4, 0.5) is 0 Å². The van der Waals surface area contributed by atoms with Crippen LogP contribution in [0, 0.1) is 12.8 Å². The van der Waals surface area contributed by atoms with E-state index in [4.69, 9.17) is 0 Å². The molecule has 3 aromatic rings. The first-order valence-corrected chi connectivity index (χ1v) is 10.6. The molecule has 0 saturated heterocycles. The number of rotatable bonds is 8. The minimum Gasteiger partial charge on any atom is -0.480 e. The van der Waals surface area contributed by atoms with Crippen LogP contribution in [0.15, 0.2) is 54.6 Å². The van der Waals surface area contributed by atoms with Gasteiger partial charge in [-0.2, -0.15) is 0 Å². The molecule has 0 radical (unpaired) electrons. The minimum atomic E-state index is -1.11. The SMILES string of the molecule is Cc1ccc2c(c1)cc(C(=O)NC(Cc1ccccc1)C(=O)NC(C(=O)O)C(C)C)n2C. The summed E-state index contributed by atoms with van der Waals surface area (Å²) in [5, 5.41) is 15.8. The van der Waals surface area contributed by atoms with Gasteiger partial charge in [0, 0.05) is 24.4 Å². The first-order valence-electron chi connectivity index (χ1n) is 10.6. The molecule has 168 valence electrons. The van der Waals surface area contributed by atoms with E-state index in [2.05, 4.69) is 10.6 Å². The van der Waals surface area contributed by atoms with Crippen molar-refractivity contribution < 1.29 is 19.5 Å². The molecule has 1 aromatic heterocycles. The van der Waals surface area contributed by atoms with Crippen molar-refractivity contribution in [2.24, 2.45) is 13.0 Å². The number of aromatic nitrogens is 1. The molecule has 0 aliphatic heterocycles. The van der Waals surface area contributed by atoms with E-state index in [0.717, 1.165) is 22.0 Å². The summed E-state index contributed by atoms with van der Waals surface area (Å²) in [6.07, 6.45) is 0.242. The number of carboxylic acids is 1. The number of carbonyl (C=O) groups excluding carboxylic acids is 2. The highest BCUT2D eigenvalue weighted by atomic mass is 16.4. The van der Waals surface area contributed by atoms with Crippen molar-refractivity contribution in [1.82, 2.24) is 15.2 Å². The number of benzene rings is 2. The van der Waals surface area contributed by atoms with Crippen molar-refractivity contribution >= 4 is 28.7 Å². The molecule has 7 heteroatoms. The summed E-state index contributed by atoms with van der Waals surface area (Å²) >= 11 is 0. The predicted molar refractivity (Wildman–Crippen MR) is 123 cm³/mol. The van der Waals surface area contributed by atoms with Gasteiger partial charge in [0.1, 0.15) is 17.8 Å². The molecule has 0 fully saturated rings. The topological polar surface area (TPSA) is 100 Å². The van der Waals surface area contributed by atoms with Gasteiger partial charge in [0.15, 0.2) is 0 Å². The van der Waals surface area contributed by atoms with Gasteiger partial charge in [-0.1, -0.05) is 55.8 Å². The first-order chi connectivity index (χ1) is 15.2.